The maximum absolute atomic E-state index is 12.9. The minimum absolute atomic E-state index is 0.0645. The van der Waals surface area contributed by atoms with Crippen molar-refractivity contribution in [3.05, 3.63) is 29.0 Å². The van der Waals surface area contributed by atoms with Crippen molar-refractivity contribution in [2.24, 2.45) is 0 Å². The Kier molecular flexibility index (Phi) is 6.11. The molecule has 1 aromatic rings. The van der Waals surface area contributed by atoms with Crippen LogP contribution >= 0.6 is 11.6 Å². The second-order valence-electron chi connectivity index (χ2n) is 4.04. The third-order valence-corrected chi connectivity index (χ3v) is 2.54. The summed E-state index contributed by atoms with van der Waals surface area (Å²) in [6, 6.07) is 3.68. The number of rotatable bonds is 6. The van der Waals surface area contributed by atoms with E-state index in [1.165, 1.54) is 19.1 Å². The second-order valence-corrected chi connectivity index (χ2v) is 4.45. The van der Waals surface area contributed by atoms with E-state index >= 15 is 0 Å². The SMILES string of the molecule is CC(=O)CCC(=O)OCC(=O)Nc1ccc(F)c(Cl)c1. The van der Waals surface area contributed by atoms with Crippen LogP contribution in [0.5, 0.6) is 0 Å². The van der Waals surface area contributed by atoms with Crippen molar-refractivity contribution in [1.82, 2.24) is 0 Å². The fourth-order valence-corrected chi connectivity index (χ4v) is 1.45. The summed E-state index contributed by atoms with van der Waals surface area (Å²) in [5, 5.41) is 2.27. The molecule has 0 saturated carbocycles. The molecule has 0 spiro atoms. The van der Waals surface area contributed by atoms with Crippen LogP contribution in [0.4, 0.5) is 10.1 Å². The Morgan fingerprint density at radius 2 is 2.00 bits per heavy atom. The van der Waals surface area contributed by atoms with Crippen LogP contribution in [0, 0.1) is 5.82 Å². The molecule has 0 unspecified atom stereocenters. The first kappa shape index (κ1) is 16.1. The van der Waals surface area contributed by atoms with Crippen LogP contribution in [0.15, 0.2) is 18.2 Å². The lowest BCUT2D eigenvalue weighted by atomic mass is 10.2. The highest BCUT2D eigenvalue weighted by atomic mass is 35.5. The molecule has 0 heterocycles. The normalized spacial score (nSPS) is 9.95. The molecule has 0 aliphatic rings. The molecule has 5 nitrogen and oxygen atoms in total. The Morgan fingerprint density at radius 1 is 1.30 bits per heavy atom. The Morgan fingerprint density at radius 3 is 2.60 bits per heavy atom. The maximum Gasteiger partial charge on any atom is 0.306 e. The lowest BCUT2D eigenvalue weighted by molar-refractivity contribution is -0.148. The van der Waals surface area contributed by atoms with Crippen molar-refractivity contribution < 1.29 is 23.5 Å². The van der Waals surface area contributed by atoms with Gasteiger partial charge in [-0.1, -0.05) is 11.6 Å². The van der Waals surface area contributed by atoms with Gasteiger partial charge in [-0.15, -0.1) is 0 Å². The van der Waals surface area contributed by atoms with Gasteiger partial charge in [0.25, 0.3) is 5.91 Å². The van der Waals surface area contributed by atoms with Crippen LogP contribution < -0.4 is 5.32 Å². The number of Topliss-reactive ketones (excluding diaryl/α,β-unsaturated/α-hetero) is 1. The summed E-state index contributed by atoms with van der Waals surface area (Å²) in [5.41, 5.74) is 0.293. The van der Waals surface area contributed by atoms with Crippen LogP contribution in [-0.4, -0.2) is 24.3 Å². The molecule has 0 aromatic heterocycles. The van der Waals surface area contributed by atoms with Crippen LogP contribution in [0.1, 0.15) is 19.8 Å². The van der Waals surface area contributed by atoms with Gasteiger partial charge in [0, 0.05) is 12.1 Å². The van der Waals surface area contributed by atoms with Gasteiger partial charge in [0.15, 0.2) is 6.61 Å². The van der Waals surface area contributed by atoms with E-state index in [0.717, 1.165) is 6.07 Å². The first-order valence-electron chi connectivity index (χ1n) is 5.78. The van der Waals surface area contributed by atoms with E-state index in [0.29, 0.717) is 5.69 Å². The van der Waals surface area contributed by atoms with Gasteiger partial charge >= 0.3 is 5.97 Å². The molecule has 0 atom stereocenters. The molecule has 1 aromatic carbocycles. The van der Waals surface area contributed by atoms with Gasteiger partial charge in [-0.05, 0) is 25.1 Å². The summed E-state index contributed by atoms with van der Waals surface area (Å²) in [4.78, 5) is 33.3. The van der Waals surface area contributed by atoms with E-state index in [1.54, 1.807) is 0 Å². The molecule has 0 saturated heterocycles. The number of ketones is 1. The van der Waals surface area contributed by atoms with E-state index in [9.17, 15) is 18.8 Å². The third kappa shape index (κ3) is 5.79. The fraction of sp³-hybridized carbons (Fsp3) is 0.308. The smallest absolute Gasteiger partial charge is 0.306 e. The molecular formula is C13H13ClFNO4. The minimum atomic E-state index is -0.632. The molecule has 7 heteroatoms. The average Bonchev–Trinajstić information content (AvgIpc) is 2.38. The molecule has 1 N–H and O–H groups in total. The number of hydrogen-bond donors (Lipinski definition) is 1. The number of esters is 1. The first-order chi connectivity index (χ1) is 9.38. The molecule has 108 valence electrons. The summed E-state index contributed by atoms with van der Waals surface area (Å²) in [5.74, 6) is -1.94. The van der Waals surface area contributed by atoms with E-state index < -0.39 is 24.3 Å². The number of carbonyl (C=O) groups excluding carboxylic acids is 3. The molecule has 0 aliphatic heterocycles. The quantitative estimate of drug-likeness (QED) is 0.819. The predicted octanol–water partition coefficient (Wildman–Crippen LogP) is 2.33. The van der Waals surface area contributed by atoms with Gasteiger partial charge in [-0.25, -0.2) is 4.39 Å². The predicted molar refractivity (Wildman–Crippen MR) is 70.9 cm³/mol. The van der Waals surface area contributed by atoms with E-state index in [4.69, 9.17) is 11.6 Å². The summed E-state index contributed by atoms with van der Waals surface area (Å²) >= 11 is 5.55. The zero-order valence-electron chi connectivity index (χ0n) is 10.7. The Bertz CT molecular complexity index is 533. The van der Waals surface area contributed by atoms with E-state index in [-0.39, 0.29) is 23.6 Å². The van der Waals surface area contributed by atoms with Gasteiger partial charge in [-0.3, -0.25) is 9.59 Å². The topological polar surface area (TPSA) is 72.5 Å². The summed E-state index contributed by atoms with van der Waals surface area (Å²) in [6.07, 6.45) is 0.0129. The average molecular weight is 302 g/mol. The van der Waals surface area contributed by atoms with Gasteiger partial charge in [0.05, 0.1) is 11.4 Å². The van der Waals surface area contributed by atoms with Crippen molar-refractivity contribution in [1.29, 1.82) is 0 Å². The molecule has 0 radical (unpaired) electrons. The van der Waals surface area contributed by atoms with Crippen molar-refractivity contribution in [3.63, 3.8) is 0 Å². The zero-order valence-corrected chi connectivity index (χ0v) is 11.5. The van der Waals surface area contributed by atoms with Crippen LogP contribution in [0.3, 0.4) is 0 Å². The highest BCUT2D eigenvalue weighted by molar-refractivity contribution is 6.31. The lowest BCUT2D eigenvalue weighted by Crippen LogP contribution is -2.21. The summed E-state index contributed by atoms with van der Waals surface area (Å²) < 4.78 is 17.6. The maximum atomic E-state index is 12.9. The number of anilines is 1. The number of ether oxygens (including phenoxy) is 1. The Balaban J connectivity index is 2.38. The third-order valence-electron chi connectivity index (χ3n) is 2.25. The Labute approximate surface area is 120 Å². The van der Waals surface area contributed by atoms with Crippen LogP contribution in [0.25, 0.3) is 0 Å². The summed E-state index contributed by atoms with van der Waals surface area (Å²) in [6.45, 7) is 0.879. The molecule has 0 fully saturated rings. The number of benzene rings is 1. The van der Waals surface area contributed by atoms with Crippen molar-refractivity contribution >= 4 is 34.9 Å². The van der Waals surface area contributed by atoms with Crippen LogP contribution in [0.2, 0.25) is 5.02 Å². The fourth-order valence-electron chi connectivity index (χ4n) is 1.27. The van der Waals surface area contributed by atoms with E-state index in [1.807, 2.05) is 0 Å². The van der Waals surface area contributed by atoms with Crippen LogP contribution in [-0.2, 0) is 19.1 Å². The number of amides is 1. The monoisotopic (exact) mass is 301 g/mol. The molecule has 0 aliphatic carbocycles. The molecule has 1 rings (SSSR count). The number of carbonyl (C=O) groups is 3. The van der Waals surface area contributed by atoms with Gasteiger partial charge < -0.3 is 14.8 Å². The minimum Gasteiger partial charge on any atom is -0.456 e. The lowest BCUT2D eigenvalue weighted by Gasteiger charge is -2.07. The van der Waals surface area contributed by atoms with Crippen molar-refractivity contribution in [2.45, 2.75) is 19.8 Å². The van der Waals surface area contributed by atoms with Gasteiger partial charge in [0.1, 0.15) is 11.6 Å². The van der Waals surface area contributed by atoms with Crippen molar-refractivity contribution in [2.75, 3.05) is 11.9 Å². The standard InChI is InChI=1S/C13H13ClFNO4/c1-8(17)2-5-13(19)20-7-12(18)16-9-3-4-11(15)10(14)6-9/h3-4,6H,2,5,7H2,1H3,(H,16,18). The highest BCUT2D eigenvalue weighted by Gasteiger charge is 2.09. The second kappa shape index (κ2) is 7.59. The number of nitrogens with one attached hydrogen (secondary N) is 1. The molecule has 0 bridgehead atoms. The first-order valence-corrected chi connectivity index (χ1v) is 6.16. The van der Waals surface area contributed by atoms with Gasteiger partial charge in [-0.2, -0.15) is 0 Å². The molecular weight excluding hydrogens is 289 g/mol. The van der Waals surface area contributed by atoms with Crippen molar-refractivity contribution in [3.8, 4) is 0 Å². The Hall–Kier alpha value is -1.95. The number of halogens is 2. The molecule has 1 amide bonds. The van der Waals surface area contributed by atoms with E-state index in [2.05, 4.69) is 10.1 Å². The highest BCUT2D eigenvalue weighted by Crippen LogP contribution is 2.19. The summed E-state index contributed by atoms with van der Waals surface area (Å²) in [7, 11) is 0. The molecule has 20 heavy (non-hydrogen) atoms. The number of hydrogen-bond acceptors (Lipinski definition) is 4. The zero-order chi connectivity index (χ0) is 15.1. The largest absolute Gasteiger partial charge is 0.456 e. The van der Waals surface area contributed by atoms with Gasteiger partial charge in [0.2, 0.25) is 0 Å².